The molecule has 0 aliphatic carbocycles. The summed E-state index contributed by atoms with van der Waals surface area (Å²) in [5, 5.41) is 14.1. The van der Waals surface area contributed by atoms with E-state index in [-0.39, 0.29) is 11.0 Å². The minimum absolute atomic E-state index is 0.0615. The van der Waals surface area contributed by atoms with Crippen molar-refractivity contribution in [3.05, 3.63) is 16.3 Å². The van der Waals surface area contributed by atoms with Gasteiger partial charge >= 0.3 is 5.00 Å². The summed E-state index contributed by atoms with van der Waals surface area (Å²) in [6.45, 7) is 1.39. The highest BCUT2D eigenvalue weighted by atomic mass is 32.1. The Bertz CT molecular complexity index is 335. The molecule has 0 radical (unpaired) electrons. The van der Waals surface area contributed by atoms with Crippen molar-refractivity contribution in [1.29, 1.82) is 0 Å². The first-order valence-corrected chi connectivity index (χ1v) is 5.02. The Hall–Kier alpha value is -1.21. The zero-order valence-electron chi connectivity index (χ0n) is 7.30. The molecule has 0 bridgehead atoms. The van der Waals surface area contributed by atoms with Crippen LogP contribution in [0.5, 0.6) is 0 Å². The van der Waals surface area contributed by atoms with E-state index in [0.717, 1.165) is 24.4 Å². The van der Waals surface area contributed by atoms with Crippen LogP contribution in [0.1, 0.15) is 6.42 Å². The summed E-state index contributed by atoms with van der Waals surface area (Å²) in [5.41, 5.74) is 0. The van der Waals surface area contributed by atoms with E-state index in [9.17, 15) is 10.1 Å². The van der Waals surface area contributed by atoms with Crippen LogP contribution >= 0.6 is 11.3 Å². The Morgan fingerprint density at radius 2 is 2.64 bits per heavy atom. The number of nitro groups is 1. The van der Waals surface area contributed by atoms with Crippen LogP contribution in [0.4, 0.5) is 10.1 Å². The van der Waals surface area contributed by atoms with E-state index in [1.54, 1.807) is 0 Å². The van der Waals surface area contributed by atoms with Crippen molar-refractivity contribution >= 4 is 21.5 Å². The number of nitrogens with zero attached hydrogens (tertiary/aromatic N) is 2. The zero-order valence-corrected chi connectivity index (χ0v) is 8.12. The molecule has 0 saturated carbocycles. The van der Waals surface area contributed by atoms with Crippen molar-refractivity contribution in [2.24, 2.45) is 0 Å². The summed E-state index contributed by atoms with van der Waals surface area (Å²) in [6, 6.07) is 0.237. The van der Waals surface area contributed by atoms with Gasteiger partial charge in [0.15, 0.2) is 5.13 Å². The molecule has 6 nitrogen and oxygen atoms in total. The SMILES string of the molecule is O=[N+]([O-])c1cnc(NC2CCOC2)s1. The smallest absolute Gasteiger partial charge is 0.345 e. The van der Waals surface area contributed by atoms with E-state index >= 15 is 0 Å². The van der Waals surface area contributed by atoms with Gasteiger partial charge in [-0.3, -0.25) is 10.1 Å². The Morgan fingerprint density at radius 3 is 3.21 bits per heavy atom. The van der Waals surface area contributed by atoms with Crippen molar-refractivity contribution in [2.75, 3.05) is 18.5 Å². The zero-order chi connectivity index (χ0) is 9.97. The van der Waals surface area contributed by atoms with E-state index in [1.807, 2.05) is 0 Å². The fourth-order valence-corrected chi connectivity index (χ4v) is 1.95. The lowest BCUT2D eigenvalue weighted by Gasteiger charge is -2.06. The Labute approximate surface area is 84.1 Å². The highest BCUT2D eigenvalue weighted by Crippen LogP contribution is 2.26. The van der Waals surface area contributed by atoms with Crippen molar-refractivity contribution in [2.45, 2.75) is 12.5 Å². The molecule has 1 N–H and O–H groups in total. The largest absolute Gasteiger partial charge is 0.379 e. The number of ether oxygens (including phenoxy) is 1. The van der Waals surface area contributed by atoms with Crippen LogP contribution in [0.2, 0.25) is 0 Å². The lowest BCUT2D eigenvalue weighted by molar-refractivity contribution is -0.380. The molecule has 2 rings (SSSR count). The predicted molar refractivity (Wildman–Crippen MR) is 51.6 cm³/mol. The number of anilines is 1. The van der Waals surface area contributed by atoms with Crippen LogP contribution in [-0.2, 0) is 4.74 Å². The quantitative estimate of drug-likeness (QED) is 0.606. The van der Waals surface area contributed by atoms with Crippen molar-refractivity contribution in [1.82, 2.24) is 4.98 Å². The molecule has 0 amide bonds. The average molecular weight is 215 g/mol. The molecule has 2 heterocycles. The normalized spacial score (nSPS) is 21.0. The van der Waals surface area contributed by atoms with Crippen LogP contribution in [0.3, 0.4) is 0 Å². The molecule has 1 aliphatic heterocycles. The molecule has 1 aromatic heterocycles. The third kappa shape index (κ3) is 1.99. The van der Waals surface area contributed by atoms with Crippen molar-refractivity contribution in [3.8, 4) is 0 Å². The van der Waals surface area contributed by atoms with Gasteiger partial charge in [0.25, 0.3) is 0 Å². The Balaban J connectivity index is 1.98. The van der Waals surface area contributed by atoms with Gasteiger partial charge in [0.1, 0.15) is 6.20 Å². The van der Waals surface area contributed by atoms with Gasteiger partial charge in [0, 0.05) is 6.61 Å². The van der Waals surface area contributed by atoms with Gasteiger partial charge in [-0.05, 0) is 17.8 Å². The summed E-state index contributed by atoms with van der Waals surface area (Å²) in [4.78, 5) is 13.8. The average Bonchev–Trinajstić information content (AvgIpc) is 2.75. The van der Waals surface area contributed by atoms with Gasteiger partial charge in [0.05, 0.1) is 17.6 Å². The van der Waals surface area contributed by atoms with Crippen molar-refractivity contribution < 1.29 is 9.66 Å². The first-order valence-electron chi connectivity index (χ1n) is 4.20. The first-order chi connectivity index (χ1) is 6.75. The summed E-state index contributed by atoms with van der Waals surface area (Å²) >= 11 is 1.05. The van der Waals surface area contributed by atoms with E-state index in [0.29, 0.717) is 11.7 Å². The third-order valence-corrected chi connectivity index (χ3v) is 2.81. The monoisotopic (exact) mass is 215 g/mol. The number of rotatable bonds is 3. The molecule has 1 unspecified atom stereocenters. The van der Waals surface area contributed by atoms with E-state index in [1.165, 1.54) is 6.20 Å². The van der Waals surface area contributed by atoms with Gasteiger partial charge in [-0.25, -0.2) is 4.98 Å². The molecular weight excluding hydrogens is 206 g/mol. The summed E-state index contributed by atoms with van der Waals surface area (Å²) < 4.78 is 5.16. The second-order valence-electron chi connectivity index (χ2n) is 2.97. The first kappa shape index (κ1) is 9.35. The summed E-state index contributed by atoms with van der Waals surface area (Å²) in [5.74, 6) is 0. The molecule has 7 heteroatoms. The second-order valence-corrected chi connectivity index (χ2v) is 3.97. The van der Waals surface area contributed by atoms with Crippen LogP contribution in [0.25, 0.3) is 0 Å². The Kier molecular flexibility index (Phi) is 2.60. The molecule has 1 saturated heterocycles. The molecular formula is C7H9N3O3S. The molecule has 1 aliphatic rings. The minimum Gasteiger partial charge on any atom is -0.379 e. The van der Waals surface area contributed by atoms with Gasteiger partial charge in [0.2, 0.25) is 0 Å². The number of thiazole rings is 1. The van der Waals surface area contributed by atoms with Crippen LogP contribution in [0.15, 0.2) is 6.20 Å². The number of aromatic nitrogens is 1. The standard InChI is InChI=1S/C7H9N3O3S/c11-10(12)6-3-8-7(14-6)9-5-1-2-13-4-5/h3,5H,1-2,4H2,(H,8,9). The highest BCUT2D eigenvalue weighted by molar-refractivity contribution is 7.18. The molecule has 0 spiro atoms. The summed E-state index contributed by atoms with van der Waals surface area (Å²) in [7, 11) is 0. The number of hydrogen-bond donors (Lipinski definition) is 1. The van der Waals surface area contributed by atoms with Gasteiger partial charge in [-0.1, -0.05) is 0 Å². The third-order valence-electron chi connectivity index (χ3n) is 1.93. The molecule has 1 aromatic rings. The maximum absolute atomic E-state index is 10.4. The van der Waals surface area contributed by atoms with Gasteiger partial charge < -0.3 is 10.1 Å². The number of nitrogens with one attached hydrogen (secondary N) is 1. The maximum atomic E-state index is 10.4. The Morgan fingerprint density at radius 1 is 1.79 bits per heavy atom. The molecule has 14 heavy (non-hydrogen) atoms. The predicted octanol–water partition coefficient (Wildman–Crippen LogP) is 1.25. The molecule has 1 fully saturated rings. The molecule has 1 atom stereocenters. The lowest BCUT2D eigenvalue weighted by Crippen LogP contribution is -2.18. The van der Waals surface area contributed by atoms with Crippen LogP contribution in [0, 0.1) is 10.1 Å². The molecule has 76 valence electrons. The van der Waals surface area contributed by atoms with Crippen LogP contribution < -0.4 is 5.32 Å². The van der Waals surface area contributed by atoms with Gasteiger partial charge in [-0.15, -0.1) is 0 Å². The van der Waals surface area contributed by atoms with E-state index in [4.69, 9.17) is 4.74 Å². The highest BCUT2D eigenvalue weighted by Gasteiger charge is 2.18. The fourth-order valence-electron chi connectivity index (χ4n) is 1.24. The van der Waals surface area contributed by atoms with Crippen molar-refractivity contribution in [3.63, 3.8) is 0 Å². The maximum Gasteiger partial charge on any atom is 0.345 e. The minimum atomic E-state index is -0.437. The fraction of sp³-hybridized carbons (Fsp3) is 0.571. The molecule has 0 aromatic carbocycles. The topological polar surface area (TPSA) is 77.3 Å². The van der Waals surface area contributed by atoms with E-state index < -0.39 is 4.92 Å². The van der Waals surface area contributed by atoms with E-state index in [2.05, 4.69) is 10.3 Å². The number of hydrogen-bond acceptors (Lipinski definition) is 6. The second kappa shape index (κ2) is 3.89. The lowest BCUT2D eigenvalue weighted by atomic mass is 10.3. The van der Waals surface area contributed by atoms with Gasteiger partial charge in [-0.2, -0.15) is 0 Å². The summed E-state index contributed by atoms with van der Waals surface area (Å²) in [6.07, 6.45) is 2.19. The van der Waals surface area contributed by atoms with Crippen LogP contribution in [-0.4, -0.2) is 29.2 Å².